The second kappa shape index (κ2) is 9.65. The summed E-state index contributed by atoms with van der Waals surface area (Å²) in [5, 5.41) is 14.7. The van der Waals surface area contributed by atoms with Gasteiger partial charge in [0.1, 0.15) is 17.2 Å². The second-order valence-electron chi connectivity index (χ2n) is 8.03. The zero-order valence-electron chi connectivity index (χ0n) is 18.9. The lowest BCUT2D eigenvalue weighted by molar-refractivity contribution is -0.125. The van der Waals surface area contributed by atoms with Gasteiger partial charge in [-0.2, -0.15) is 0 Å². The van der Waals surface area contributed by atoms with Crippen molar-refractivity contribution in [2.24, 2.45) is 0 Å². The number of nitrogens with one attached hydrogen (secondary N) is 2. The van der Waals surface area contributed by atoms with E-state index in [9.17, 15) is 14.4 Å². The lowest BCUT2D eigenvalue weighted by atomic mass is 10.1. The minimum absolute atomic E-state index is 0.122. The topological polar surface area (TPSA) is 128 Å². The number of anilines is 1. The van der Waals surface area contributed by atoms with E-state index in [1.165, 1.54) is 11.0 Å². The molecule has 10 heteroatoms. The number of carbonyl (C=O) groups excluding carboxylic acids is 2. The van der Waals surface area contributed by atoms with Crippen LogP contribution in [-0.2, 0) is 17.9 Å². The standard InChI is InChI=1S/C24H25N5O5/c1-15-18-5-3-4-6-19(18)34-20(15)14-28(2)21(30)8-7-16-11-17-13-29(10-9-25-24(32)33)23(31)27-22(17)26-12-16/h3-8,11-12,25H,9-10,13-14H2,1-2H3,(H,32,33)(H,26,27,31). The Balaban J connectivity index is 1.40. The Labute approximate surface area is 195 Å². The SMILES string of the molecule is Cc1c(CN(C)C(=O)C=Cc2cnc3c(c2)CN(CCNC(=O)O)C(=O)N3)oc2ccccc12. The number of amides is 4. The van der Waals surface area contributed by atoms with E-state index in [2.05, 4.69) is 15.6 Å². The van der Waals surface area contributed by atoms with Gasteiger partial charge in [-0.05, 0) is 30.7 Å². The van der Waals surface area contributed by atoms with Gasteiger partial charge in [0.05, 0.1) is 13.1 Å². The molecule has 10 nitrogen and oxygen atoms in total. The van der Waals surface area contributed by atoms with Crippen LogP contribution in [0.25, 0.3) is 17.0 Å². The molecule has 0 radical (unpaired) electrons. The normalized spacial score (nSPS) is 13.1. The third kappa shape index (κ3) is 5.01. The second-order valence-corrected chi connectivity index (χ2v) is 8.03. The Kier molecular flexibility index (Phi) is 6.48. The van der Waals surface area contributed by atoms with Crippen molar-refractivity contribution in [3.05, 3.63) is 65.1 Å². The number of furan rings is 1. The Hall–Kier alpha value is -4.34. The molecule has 3 N–H and O–H groups in total. The zero-order valence-corrected chi connectivity index (χ0v) is 18.9. The molecule has 0 saturated carbocycles. The monoisotopic (exact) mass is 463 g/mol. The maximum atomic E-state index is 12.7. The molecule has 0 bridgehead atoms. The van der Waals surface area contributed by atoms with Gasteiger partial charge in [0.2, 0.25) is 5.91 Å². The molecule has 4 amide bonds. The summed E-state index contributed by atoms with van der Waals surface area (Å²) < 4.78 is 5.90. The van der Waals surface area contributed by atoms with Crippen molar-refractivity contribution in [3.8, 4) is 0 Å². The maximum Gasteiger partial charge on any atom is 0.404 e. The van der Waals surface area contributed by atoms with Gasteiger partial charge in [-0.25, -0.2) is 14.6 Å². The summed E-state index contributed by atoms with van der Waals surface area (Å²) in [6.07, 6.45) is 3.58. The maximum absolute atomic E-state index is 12.7. The number of aromatic nitrogens is 1. The van der Waals surface area contributed by atoms with Crippen LogP contribution in [0.2, 0.25) is 0 Å². The Bertz CT molecular complexity index is 1280. The fraction of sp³-hybridized carbons (Fsp3) is 0.250. The third-order valence-electron chi connectivity index (χ3n) is 5.64. The first kappa shape index (κ1) is 22.8. The van der Waals surface area contributed by atoms with Crippen molar-refractivity contribution in [1.29, 1.82) is 0 Å². The van der Waals surface area contributed by atoms with Crippen LogP contribution in [0.15, 0.2) is 47.0 Å². The molecule has 3 aromatic rings. The molecule has 4 rings (SSSR count). The number of para-hydroxylation sites is 1. The first-order valence-electron chi connectivity index (χ1n) is 10.7. The predicted octanol–water partition coefficient (Wildman–Crippen LogP) is 3.42. The largest absolute Gasteiger partial charge is 0.465 e. The van der Waals surface area contributed by atoms with Crippen LogP contribution in [-0.4, -0.2) is 58.1 Å². The van der Waals surface area contributed by atoms with Crippen LogP contribution in [0.1, 0.15) is 22.5 Å². The highest BCUT2D eigenvalue weighted by molar-refractivity contribution is 5.93. The summed E-state index contributed by atoms with van der Waals surface area (Å²) in [4.78, 5) is 42.8. The number of carbonyl (C=O) groups is 3. The van der Waals surface area contributed by atoms with E-state index in [4.69, 9.17) is 9.52 Å². The molecule has 0 saturated heterocycles. The van der Waals surface area contributed by atoms with E-state index >= 15 is 0 Å². The highest BCUT2D eigenvalue weighted by atomic mass is 16.4. The van der Waals surface area contributed by atoms with E-state index in [-0.39, 0.29) is 31.6 Å². The van der Waals surface area contributed by atoms with Gasteiger partial charge in [0, 0.05) is 48.9 Å². The molecule has 1 aliphatic rings. The fourth-order valence-corrected chi connectivity index (χ4v) is 3.75. The van der Waals surface area contributed by atoms with E-state index < -0.39 is 6.09 Å². The van der Waals surface area contributed by atoms with Crippen molar-refractivity contribution in [2.75, 3.05) is 25.5 Å². The van der Waals surface area contributed by atoms with Crippen molar-refractivity contribution in [2.45, 2.75) is 20.0 Å². The number of urea groups is 1. The molecule has 3 heterocycles. The van der Waals surface area contributed by atoms with Gasteiger partial charge < -0.3 is 24.6 Å². The number of fused-ring (bicyclic) bond motifs is 2. The minimum Gasteiger partial charge on any atom is -0.465 e. The van der Waals surface area contributed by atoms with Crippen molar-refractivity contribution in [1.82, 2.24) is 20.1 Å². The highest BCUT2D eigenvalue weighted by Crippen LogP contribution is 2.26. The van der Waals surface area contributed by atoms with Crippen LogP contribution >= 0.6 is 0 Å². The van der Waals surface area contributed by atoms with Crippen LogP contribution < -0.4 is 10.6 Å². The van der Waals surface area contributed by atoms with Gasteiger partial charge in [-0.1, -0.05) is 18.2 Å². The van der Waals surface area contributed by atoms with Gasteiger partial charge in [-0.3, -0.25) is 10.1 Å². The predicted molar refractivity (Wildman–Crippen MR) is 126 cm³/mol. The number of carboxylic acid groups (broad SMARTS) is 1. The summed E-state index contributed by atoms with van der Waals surface area (Å²) in [5.74, 6) is 1.01. The van der Waals surface area contributed by atoms with Crippen LogP contribution in [0.4, 0.5) is 15.4 Å². The van der Waals surface area contributed by atoms with E-state index in [0.29, 0.717) is 17.9 Å². The van der Waals surface area contributed by atoms with Crippen molar-refractivity contribution in [3.63, 3.8) is 0 Å². The number of hydrogen-bond acceptors (Lipinski definition) is 5. The molecule has 2 aromatic heterocycles. The third-order valence-corrected chi connectivity index (χ3v) is 5.64. The molecule has 0 unspecified atom stereocenters. The summed E-state index contributed by atoms with van der Waals surface area (Å²) in [7, 11) is 1.71. The number of nitrogens with zero attached hydrogens (tertiary/aromatic N) is 3. The number of likely N-dealkylation sites (N-methyl/N-ethyl adjacent to an activating group) is 1. The molecule has 0 spiro atoms. The van der Waals surface area contributed by atoms with Gasteiger partial charge >= 0.3 is 12.1 Å². The number of aryl methyl sites for hydroxylation is 1. The number of pyridine rings is 1. The Morgan fingerprint density at radius 1 is 1.35 bits per heavy atom. The van der Waals surface area contributed by atoms with Crippen LogP contribution in [0.3, 0.4) is 0 Å². The van der Waals surface area contributed by atoms with E-state index in [0.717, 1.165) is 27.9 Å². The average Bonchev–Trinajstić information content (AvgIpc) is 3.12. The zero-order chi connectivity index (χ0) is 24.2. The minimum atomic E-state index is -1.14. The summed E-state index contributed by atoms with van der Waals surface area (Å²) in [6, 6.07) is 9.27. The first-order chi connectivity index (χ1) is 16.3. The van der Waals surface area contributed by atoms with E-state index in [1.807, 2.05) is 37.3 Å². The molecular formula is C24H25N5O5. The molecule has 176 valence electrons. The number of rotatable bonds is 7. The van der Waals surface area contributed by atoms with E-state index in [1.54, 1.807) is 24.2 Å². The molecular weight excluding hydrogens is 438 g/mol. The molecule has 0 fully saturated rings. The smallest absolute Gasteiger partial charge is 0.404 e. The number of hydrogen-bond donors (Lipinski definition) is 3. The van der Waals surface area contributed by atoms with Crippen molar-refractivity contribution >= 4 is 40.9 Å². The quantitative estimate of drug-likeness (QED) is 0.461. The van der Waals surface area contributed by atoms with Crippen LogP contribution in [0.5, 0.6) is 0 Å². The lowest BCUT2D eigenvalue weighted by Crippen LogP contribution is -2.43. The summed E-state index contributed by atoms with van der Waals surface area (Å²) in [5.41, 5.74) is 3.30. The molecule has 34 heavy (non-hydrogen) atoms. The first-order valence-corrected chi connectivity index (χ1v) is 10.7. The van der Waals surface area contributed by atoms with Crippen LogP contribution in [0, 0.1) is 6.92 Å². The lowest BCUT2D eigenvalue weighted by Gasteiger charge is -2.28. The molecule has 1 aromatic carbocycles. The van der Waals surface area contributed by atoms with Gasteiger partial charge in [0.15, 0.2) is 0 Å². The summed E-state index contributed by atoms with van der Waals surface area (Å²) in [6.45, 7) is 2.96. The Morgan fingerprint density at radius 2 is 2.15 bits per heavy atom. The Morgan fingerprint density at radius 3 is 2.91 bits per heavy atom. The number of benzene rings is 1. The van der Waals surface area contributed by atoms with Gasteiger partial charge in [0.25, 0.3) is 0 Å². The molecule has 1 aliphatic heterocycles. The molecule has 0 atom stereocenters. The highest BCUT2D eigenvalue weighted by Gasteiger charge is 2.23. The molecule has 0 aliphatic carbocycles. The van der Waals surface area contributed by atoms with Crippen molar-refractivity contribution < 1.29 is 23.9 Å². The fourth-order valence-electron chi connectivity index (χ4n) is 3.75. The summed E-state index contributed by atoms with van der Waals surface area (Å²) >= 11 is 0. The average molecular weight is 463 g/mol. The van der Waals surface area contributed by atoms with Gasteiger partial charge in [-0.15, -0.1) is 0 Å².